The fraction of sp³-hybridized carbons (Fsp3) is 0.455. The zero-order valence-corrected chi connectivity index (χ0v) is 10.2. The van der Waals surface area contributed by atoms with Crippen molar-refractivity contribution in [2.24, 2.45) is 17.4 Å². The monoisotopic (exact) mass is 223 g/mol. The number of carbonyl (C=O) groups is 1. The van der Waals surface area contributed by atoms with E-state index in [9.17, 15) is 4.79 Å². The molecule has 0 radical (unpaired) electrons. The molecule has 88 valence electrons. The number of amidine groups is 1. The maximum atomic E-state index is 11.5. The van der Waals surface area contributed by atoms with E-state index in [-0.39, 0.29) is 5.92 Å². The molecule has 0 aromatic heterocycles. The summed E-state index contributed by atoms with van der Waals surface area (Å²) < 4.78 is 1.72. The average Bonchev–Trinajstić information content (AvgIpc) is 2.20. The van der Waals surface area contributed by atoms with E-state index in [4.69, 9.17) is 11.5 Å². The molecule has 0 saturated heterocycles. The Balaban J connectivity index is 3.32. The van der Waals surface area contributed by atoms with Crippen molar-refractivity contribution >= 4 is 11.7 Å². The molecule has 1 unspecified atom stereocenters. The van der Waals surface area contributed by atoms with E-state index < -0.39 is 5.91 Å². The van der Waals surface area contributed by atoms with Crippen molar-refractivity contribution in [1.29, 1.82) is 0 Å². The highest BCUT2D eigenvalue weighted by atomic mass is 16.1. The average molecular weight is 223 g/mol. The van der Waals surface area contributed by atoms with Crippen LogP contribution < -0.4 is 16.8 Å². The Kier molecular flexibility index (Phi) is 3.37. The quantitative estimate of drug-likeness (QED) is 0.346. The fourth-order valence-corrected chi connectivity index (χ4v) is 1.60. The Bertz CT molecular complexity index is 414. The molecule has 16 heavy (non-hydrogen) atoms. The van der Waals surface area contributed by atoms with E-state index in [1.54, 1.807) is 18.5 Å². The first-order chi connectivity index (χ1) is 7.36. The Morgan fingerprint density at radius 3 is 2.50 bits per heavy atom. The van der Waals surface area contributed by atoms with Crippen molar-refractivity contribution in [3.8, 4) is 0 Å². The lowest BCUT2D eigenvalue weighted by atomic mass is 9.91. The number of dihydropyridines is 1. The molecular formula is C11H19N4O+. The third-order valence-corrected chi connectivity index (χ3v) is 2.94. The molecule has 0 aliphatic carbocycles. The number of carbonyl (C=O) groups excluding carboxylic acids is 1. The fourth-order valence-electron chi connectivity index (χ4n) is 1.60. The standard InChI is InChI=1S/C11H18N4O/c1-6-5-14-11(15(4)8(3)12)9(7(6)2)10(13)16/h5,7,12H,1-4H3,(H3,13,14,16)/p+1. The summed E-state index contributed by atoms with van der Waals surface area (Å²) in [6, 6.07) is 0. The molecule has 0 bridgehead atoms. The minimum absolute atomic E-state index is 0.00977. The second kappa shape index (κ2) is 4.38. The maximum absolute atomic E-state index is 11.5. The van der Waals surface area contributed by atoms with E-state index in [2.05, 4.69) is 5.32 Å². The normalized spacial score (nSPS) is 22.2. The first-order valence-electron chi connectivity index (χ1n) is 5.16. The highest BCUT2D eigenvalue weighted by molar-refractivity contribution is 5.93. The van der Waals surface area contributed by atoms with Gasteiger partial charge in [-0.3, -0.25) is 10.1 Å². The van der Waals surface area contributed by atoms with Crippen LogP contribution in [0.5, 0.6) is 0 Å². The first kappa shape index (κ1) is 12.3. The van der Waals surface area contributed by atoms with Crippen LogP contribution in [0.25, 0.3) is 0 Å². The Labute approximate surface area is 95.5 Å². The SMILES string of the molecule is CC1=CNC(/[N+](C)=C(\C)N)=C(C(N)=O)C1C. The summed E-state index contributed by atoms with van der Waals surface area (Å²) in [5.74, 6) is 0.845. The third kappa shape index (κ3) is 2.08. The van der Waals surface area contributed by atoms with Gasteiger partial charge in [-0.15, -0.1) is 0 Å². The highest BCUT2D eigenvalue weighted by Crippen LogP contribution is 2.25. The molecule has 5 nitrogen and oxygen atoms in total. The molecule has 1 rings (SSSR count). The molecule has 5 N–H and O–H groups in total. The van der Waals surface area contributed by atoms with Crippen LogP contribution in [0.15, 0.2) is 23.2 Å². The summed E-state index contributed by atoms with van der Waals surface area (Å²) in [5.41, 5.74) is 12.7. The largest absolute Gasteiger partial charge is 0.366 e. The number of nitrogens with two attached hydrogens (primary N) is 2. The van der Waals surface area contributed by atoms with Gasteiger partial charge in [0, 0.05) is 12.8 Å². The molecule has 0 fully saturated rings. The molecule has 0 saturated carbocycles. The minimum Gasteiger partial charge on any atom is -0.366 e. The van der Waals surface area contributed by atoms with Gasteiger partial charge in [-0.25, -0.2) is 4.58 Å². The van der Waals surface area contributed by atoms with Crippen molar-refractivity contribution in [3.05, 3.63) is 23.2 Å². The number of nitrogens with one attached hydrogen (secondary N) is 1. The van der Waals surface area contributed by atoms with E-state index in [1.165, 1.54) is 0 Å². The molecule has 5 heteroatoms. The van der Waals surface area contributed by atoms with Crippen LogP contribution in [0.2, 0.25) is 0 Å². The van der Waals surface area contributed by atoms with Gasteiger partial charge < -0.3 is 11.5 Å². The van der Waals surface area contributed by atoms with Gasteiger partial charge in [-0.05, 0) is 12.5 Å². The Hall–Kier alpha value is -1.78. The summed E-state index contributed by atoms with van der Waals surface area (Å²) >= 11 is 0. The van der Waals surface area contributed by atoms with Gasteiger partial charge in [0.05, 0.1) is 18.8 Å². The predicted molar refractivity (Wildman–Crippen MR) is 63.3 cm³/mol. The number of amides is 1. The number of primary amides is 1. The summed E-state index contributed by atoms with van der Waals surface area (Å²) in [5, 5.41) is 3.05. The lowest BCUT2D eigenvalue weighted by Gasteiger charge is -2.22. The summed E-state index contributed by atoms with van der Waals surface area (Å²) in [6.07, 6.45) is 1.87. The smallest absolute Gasteiger partial charge is 0.251 e. The Morgan fingerprint density at radius 1 is 1.50 bits per heavy atom. The van der Waals surface area contributed by atoms with Crippen LogP contribution in [-0.4, -0.2) is 23.4 Å². The second-order valence-corrected chi connectivity index (χ2v) is 4.08. The maximum Gasteiger partial charge on any atom is 0.251 e. The van der Waals surface area contributed by atoms with Crippen molar-refractivity contribution in [3.63, 3.8) is 0 Å². The van der Waals surface area contributed by atoms with Gasteiger partial charge in [-0.2, -0.15) is 0 Å². The molecule has 1 amide bonds. The number of hydrogen-bond acceptors (Lipinski definition) is 2. The molecule has 1 atom stereocenters. The van der Waals surface area contributed by atoms with Crippen LogP contribution in [0.3, 0.4) is 0 Å². The predicted octanol–water partition coefficient (Wildman–Crippen LogP) is -0.154. The molecule has 0 aromatic carbocycles. The molecule has 1 aliphatic heterocycles. The zero-order chi connectivity index (χ0) is 12.5. The Morgan fingerprint density at radius 2 is 2.06 bits per heavy atom. The second-order valence-electron chi connectivity index (χ2n) is 4.08. The van der Waals surface area contributed by atoms with E-state index in [0.29, 0.717) is 17.2 Å². The van der Waals surface area contributed by atoms with Crippen LogP contribution in [0, 0.1) is 5.92 Å². The van der Waals surface area contributed by atoms with Crippen LogP contribution >= 0.6 is 0 Å². The van der Waals surface area contributed by atoms with Crippen LogP contribution in [-0.2, 0) is 4.79 Å². The first-order valence-corrected chi connectivity index (χ1v) is 5.16. The van der Waals surface area contributed by atoms with Gasteiger partial charge in [0.15, 0.2) is 5.84 Å². The number of hydrogen-bond donors (Lipinski definition) is 3. The minimum atomic E-state index is -0.421. The van der Waals surface area contributed by atoms with E-state index in [0.717, 1.165) is 5.57 Å². The topological polar surface area (TPSA) is 84.2 Å². The molecule has 0 spiro atoms. The number of nitrogens with zero attached hydrogens (tertiary/aromatic N) is 1. The van der Waals surface area contributed by atoms with Crippen molar-refractivity contribution in [1.82, 2.24) is 5.32 Å². The van der Waals surface area contributed by atoms with E-state index >= 15 is 0 Å². The highest BCUT2D eigenvalue weighted by Gasteiger charge is 2.28. The van der Waals surface area contributed by atoms with Crippen molar-refractivity contribution in [2.45, 2.75) is 20.8 Å². The van der Waals surface area contributed by atoms with Crippen molar-refractivity contribution in [2.75, 3.05) is 7.05 Å². The number of rotatable bonds is 2. The summed E-state index contributed by atoms with van der Waals surface area (Å²) in [7, 11) is 1.79. The van der Waals surface area contributed by atoms with Gasteiger partial charge in [0.2, 0.25) is 5.82 Å². The van der Waals surface area contributed by atoms with Crippen LogP contribution in [0.1, 0.15) is 20.8 Å². The zero-order valence-electron chi connectivity index (χ0n) is 10.2. The number of allylic oxidation sites excluding steroid dienone is 1. The summed E-state index contributed by atoms with van der Waals surface area (Å²) in [6.45, 7) is 5.67. The van der Waals surface area contributed by atoms with Gasteiger partial charge in [0.1, 0.15) is 0 Å². The molecular weight excluding hydrogens is 204 g/mol. The lowest BCUT2D eigenvalue weighted by Crippen LogP contribution is -2.36. The van der Waals surface area contributed by atoms with Gasteiger partial charge in [0.25, 0.3) is 5.91 Å². The van der Waals surface area contributed by atoms with Gasteiger partial charge >= 0.3 is 0 Å². The van der Waals surface area contributed by atoms with Crippen molar-refractivity contribution < 1.29 is 9.37 Å². The lowest BCUT2D eigenvalue weighted by molar-refractivity contribution is -0.452. The van der Waals surface area contributed by atoms with E-state index in [1.807, 2.05) is 20.0 Å². The molecule has 0 aromatic rings. The molecule has 1 heterocycles. The summed E-state index contributed by atoms with van der Waals surface area (Å²) in [4.78, 5) is 11.5. The van der Waals surface area contributed by atoms with Crippen LogP contribution in [0.4, 0.5) is 0 Å². The third-order valence-electron chi connectivity index (χ3n) is 2.94. The molecule has 1 aliphatic rings. The van der Waals surface area contributed by atoms with Gasteiger partial charge in [-0.1, -0.05) is 6.92 Å².